The average molecular weight is 352 g/mol. The summed E-state index contributed by atoms with van der Waals surface area (Å²) < 4.78 is 0. The first-order valence-electron chi connectivity index (χ1n) is 8.79. The lowest BCUT2D eigenvalue weighted by Gasteiger charge is -2.29. The van der Waals surface area contributed by atoms with Crippen LogP contribution in [-0.4, -0.2) is 30.0 Å². The van der Waals surface area contributed by atoms with Crippen molar-refractivity contribution < 1.29 is 0 Å². The van der Waals surface area contributed by atoms with Gasteiger partial charge in [-0.15, -0.1) is 0 Å². The minimum atomic E-state index is 0.689. The summed E-state index contributed by atoms with van der Waals surface area (Å²) in [6.07, 6.45) is 4.31. The molecule has 1 saturated heterocycles. The number of pyridine rings is 1. The summed E-state index contributed by atoms with van der Waals surface area (Å²) in [4.78, 5) is 6.81. The maximum atomic E-state index is 6.07. The highest BCUT2D eigenvalue weighted by Gasteiger charge is 2.18. The van der Waals surface area contributed by atoms with Crippen LogP contribution < -0.4 is 5.32 Å². The molecule has 0 unspecified atom stereocenters. The maximum Gasteiger partial charge on any atom is 0.0737 e. The van der Waals surface area contributed by atoms with Crippen LogP contribution in [0.2, 0.25) is 5.02 Å². The highest BCUT2D eigenvalue weighted by molar-refractivity contribution is 6.31. The molecule has 0 atom stereocenters. The SMILES string of the molecule is CN1CCC(c2ccc(Nc3ccnc4cc(Cl)ccc34)cc2)CC1. The van der Waals surface area contributed by atoms with E-state index in [9.17, 15) is 0 Å². The van der Waals surface area contributed by atoms with E-state index in [1.54, 1.807) is 0 Å². The summed E-state index contributed by atoms with van der Waals surface area (Å²) in [6.45, 7) is 2.38. The number of halogens is 1. The second kappa shape index (κ2) is 7.03. The third kappa shape index (κ3) is 3.63. The number of hydrogen-bond acceptors (Lipinski definition) is 3. The zero-order valence-corrected chi connectivity index (χ0v) is 15.1. The molecule has 2 heterocycles. The molecule has 3 nitrogen and oxygen atoms in total. The van der Waals surface area contributed by atoms with Crippen LogP contribution in [0.1, 0.15) is 24.3 Å². The van der Waals surface area contributed by atoms with Crippen LogP contribution in [-0.2, 0) is 0 Å². The number of nitrogens with one attached hydrogen (secondary N) is 1. The molecule has 4 heteroatoms. The van der Waals surface area contributed by atoms with Crippen LogP contribution in [0, 0.1) is 0 Å². The molecule has 0 bridgehead atoms. The highest BCUT2D eigenvalue weighted by atomic mass is 35.5. The number of hydrogen-bond donors (Lipinski definition) is 1. The maximum absolute atomic E-state index is 6.07. The van der Waals surface area contributed by atoms with E-state index < -0.39 is 0 Å². The van der Waals surface area contributed by atoms with E-state index >= 15 is 0 Å². The van der Waals surface area contributed by atoms with Crippen molar-refractivity contribution in [3.05, 3.63) is 65.3 Å². The Morgan fingerprint density at radius 1 is 1.04 bits per heavy atom. The molecule has 0 aliphatic carbocycles. The first kappa shape index (κ1) is 16.4. The first-order valence-corrected chi connectivity index (χ1v) is 9.17. The van der Waals surface area contributed by atoms with Crippen molar-refractivity contribution in [2.45, 2.75) is 18.8 Å². The van der Waals surface area contributed by atoms with Gasteiger partial charge in [0.25, 0.3) is 0 Å². The lowest BCUT2D eigenvalue weighted by Crippen LogP contribution is -2.29. The Morgan fingerprint density at radius 2 is 1.80 bits per heavy atom. The average Bonchev–Trinajstić information content (AvgIpc) is 2.63. The summed E-state index contributed by atoms with van der Waals surface area (Å²) in [5.74, 6) is 0.689. The van der Waals surface area contributed by atoms with E-state index in [-0.39, 0.29) is 0 Å². The summed E-state index contributed by atoms with van der Waals surface area (Å²) in [7, 11) is 2.20. The van der Waals surface area contributed by atoms with Gasteiger partial charge in [0.05, 0.1) is 5.52 Å². The summed E-state index contributed by atoms with van der Waals surface area (Å²) >= 11 is 6.07. The normalized spacial score (nSPS) is 16.2. The molecule has 0 spiro atoms. The molecule has 2 aromatic carbocycles. The molecule has 0 amide bonds. The van der Waals surface area contributed by atoms with E-state index in [4.69, 9.17) is 11.6 Å². The van der Waals surface area contributed by atoms with Crippen LogP contribution in [0.25, 0.3) is 10.9 Å². The second-order valence-corrected chi connectivity index (χ2v) is 7.28. The van der Waals surface area contributed by atoms with Crippen molar-refractivity contribution in [1.82, 2.24) is 9.88 Å². The van der Waals surface area contributed by atoms with Gasteiger partial charge in [0, 0.05) is 28.0 Å². The number of anilines is 2. The second-order valence-electron chi connectivity index (χ2n) is 6.84. The zero-order valence-electron chi connectivity index (χ0n) is 14.4. The molecule has 3 aromatic rings. The molecule has 25 heavy (non-hydrogen) atoms. The number of fused-ring (bicyclic) bond motifs is 1. The predicted molar refractivity (Wildman–Crippen MR) is 106 cm³/mol. The van der Waals surface area contributed by atoms with Gasteiger partial charge in [-0.1, -0.05) is 23.7 Å². The third-order valence-corrected chi connectivity index (χ3v) is 5.32. The van der Waals surface area contributed by atoms with Gasteiger partial charge >= 0.3 is 0 Å². The summed E-state index contributed by atoms with van der Waals surface area (Å²) in [5, 5.41) is 5.30. The quantitative estimate of drug-likeness (QED) is 0.680. The monoisotopic (exact) mass is 351 g/mol. The first-order chi connectivity index (χ1) is 12.2. The summed E-state index contributed by atoms with van der Waals surface area (Å²) in [6, 6.07) is 16.7. The molecular weight excluding hydrogens is 330 g/mol. The smallest absolute Gasteiger partial charge is 0.0737 e. The van der Waals surface area contributed by atoms with Gasteiger partial charge in [-0.2, -0.15) is 0 Å². The van der Waals surface area contributed by atoms with Crippen molar-refractivity contribution in [2.24, 2.45) is 0 Å². The number of benzene rings is 2. The fourth-order valence-electron chi connectivity index (χ4n) is 3.57. The molecule has 0 saturated carbocycles. The Hall–Kier alpha value is -2.10. The third-order valence-electron chi connectivity index (χ3n) is 5.08. The van der Waals surface area contributed by atoms with Gasteiger partial charge in [-0.25, -0.2) is 0 Å². The fourth-order valence-corrected chi connectivity index (χ4v) is 3.73. The Bertz CT molecular complexity index is 868. The Morgan fingerprint density at radius 3 is 2.56 bits per heavy atom. The van der Waals surface area contributed by atoms with E-state index in [0.29, 0.717) is 10.9 Å². The number of aromatic nitrogens is 1. The van der Waals surface area contributed by atoms with Gasteiger partial charge < -0.3 is 10.2 Å². The molecular formula is C21H22ClN3. The fraction of sp³-hybridized carbons (Fsp3) is 0.286. The largest absolute Gasteiger partial charge is 0.355 e. The van der Waals surface area contributed by atoms with Crippen molar-refractivity contribution in [2.75, 3.05) is 25.5 Å². The van der Waals surface area contributed by atoms with Crippen molar-refractivity contribution >= 4 is 33.9 Å². The molecule has 1 aliphatic heterocycles. The van der Waals surface area contributed by atoms with Gasteiger partial charge in [0.2, 0.25) is 0 Å². The van der Waals surface area contributed by atoms with Gasteiger partial charge in [-0.3, -0.25) is 4.98 Å². The van der Waals surface area contributed by atoms with Crippen molar-refractivity contribution in [3.63, 3.8) is 0 Å². The molecule has 1 fully saturated rings. The van der Waals surface area contributed by atoms with E-state index in [0.717, 1.165) is 22.3 Å². The van der Waals surface area contributed by atoms with Crippen LogP contribution in [0.15, 0.2) is 54.7 Å². The van der Waals surface area contributed by atoms with Gasteiger partial charge in [0.15, 0.2) is 0 Å². The number of nitrogens with zero attached hydrogens (tertiary/aromatic N) is 2. The number of piperidine rings is 1. The minimum Gasteiger partial charge on any atom is -0.355 e. The van der Waals surface area contributed by atoms with E-state index in [1.165, 1.54) is 31.5 Å². The number of rotatable bonds is 3. The van der Waals surface area contributed by atoms with E-state index in [1.807, 2.05) is 30.5 Å². The zero-order chi connectivity index (χ0) is 17.2. The summed E-state index contributed by atoms with van der Waals surface area (Å²) in [5.41, 5.74) is 4.50. The predicted octanol–water partition coefficient (Wildman–Crippen LogP) is 5.44. The molecule has 1 aromatic heterocycles. The van der Waals surface area contributed by atoms with Gasteiger partial charge in [0.1, 0.15) is 0 Å². The van der Waals surface area contributed by atoms with Gasteiger partial charge in [-0.05, 0) is 80.9 Å². The van der Waals surface area contributed by atoms with Crippen molar-refractivity contribution in [3.8, 4) is 0 Å². The van der Waals surface area contributed by atoms with Crippen molar-refractivity contribution in [1.29, 1.82) is 0 Å². The lowest BCUT2D eigenvalue weighted by molar-refractivity contribution is 0.255. The van der Waals surface area contributed by atoms with Crippen LogP contribution >= 0.6 is 11.6 Å². The minimum absolute atomic E-state index is 0.689. The topological polar surface area (TPSA) is 28.2 Å². The standard InChI is InChI=1S/C21H22ClN3/c1-25-12-9-16(10-13-25)15-2-5-18(6-3-15)24-20-8-11-23-21-14-17(22)4-7-19(20)21/h2-8,11,14,16H,9-10,12-13H2,1H3,(H,23,24). The van der Waals surface area contributed by atoms with Crippen LogP contribution in [0.3, 0.4) is 0 Å². The lowest BCUT2D eigenvalue weighted by atomic mass is 9.89. The molecule has 4 rings (SSSR count). The number of likely N-dealkylation sites (tertiary alicyclic amines) is 1. The van der Waals surface area contributed by atoms with Crippen LogP contribution in [0.4, 0.5) is 11.4 Å². The Kier molecular flexibility index (Phi) is 4.60. The van der Waals surface area contributed by atoms with E-state index in [2.05, 4.69) is 46.5 Å². The molecule has 1 aliphatic rings. The Balaban J connectivity index is 1.54. The highest BCUT2D eigenvalue weighted by Crippen LogP contribution is 2.30. The Labute approximate surface area is 153 Å². The molecule has 1 N–H and O–H groups in total. The van der Waals surface area contributed by atoms with Crippen LogP contribution in [0.5, 0.6) is 0 Å². The molecule has 128 valence electrons. The molecule has 0 radical (unpaired) electrons.